The SMILES string of the molecule is O=C(Nc1cccc(C#CCO)c1)c1ccc(F)cc1F. The van der Waals surface area contributed by atoms with Gasteiger partial charge >= 0.3 is 0 Å². The summed E-state index contributed by atoms with van der Waals surface area (Å²) in [6.45, 7) is -0.266. The molecule has 0 bridgehead atoms. The van der Waals surface area contributed by atoms with Crippen LogP contribution in [0, 0.1) is 23.5 Å². The maximum absolute atomic E-state index is 13.5. The summed E-state index contributed by atoms with van der Waals surface area (Å²) in [5, 5.41) is 11.1. The first kappa shape index (κ1) is 14.7. The fourth-order valence-electron chi connectivity index (χ4n) is 1.69. The first-order valence-electron chi connectivity index (χ1n) is 6.06. The van der Waals surface area contributed by atoms with Crippen LogP contribution < -0.4 is 5.32 Å². The van der Waals surface area contributed by atoms with Crippen LogP contribution in [0.5, 0.6) is 0 Å². The van der Waals surface area contributed by atoms with E-state index in [0.717, 1.165) is 12.1 Å². The zero-order valence-electron chi connectivity index (χ0n) is 10.9. The molecule has 0 aromatic heterocycles. The highest BCUT2D eigenvalue weighted by molar-refractivity contribution is 6.04. The zero-order valence-corrected chi connectivity index (χ0v) is 10.9. The highest BCUT2D eigenvalue weighted by Crippen LogP contribution is 2.14. The second-order valence-corrected chi connectivity index (χ2v) is 4.12. The lowest BCUT2D eigenvalue weighted by molar-refractivity contribution is 0.102. The quantitative estimate of drug-likeness (QED) is 0.834. The van der Waals surface area contributed by atoms with E-state index in [1.165, 1.54) is 0 Å². The Morgan fingerprint density at radius 2 is 2.00 bits per heavy atom. The molecule has 2 N–H and O–H groups in total. The number of nitrogens with one attached hydrogen (secondary N) is 1. The number of carbonyl (C=O) groups excluding carboxylic acids is 1. The number of carbonyl (C=O) groups is 1. The summed E-state index contributed by atoms with van der Waals surface area (Å²) in [5.74, 6) is 2.82. The van der Waals surface area contributed by atoms with Gasteiger partial charge in [-0.3, -0.25) is 4.79 Å². The van der Waals surface area contributed by atoms with Crippen LogP contribution >= 0.6 is 0 Å². The van der Waals surface area contributed by atoms with Gasteiger partial charge in [0.1, 0.15) is 18.2 Å². The second-order valence-electron chi connectivity index (χ2n) is 4.12. The van der Waals surface area contributed by atoms with Crippen molar-refractivity contribution in [2.75, 3.05) is 11.9 Å². The molecule has 106 valence electrons. The Balaban J connectivity index is 2.19. The van der Waals surface area contributed by atoms with Crippen LogP contribution in [0.1, 0.15) is 15.9 Å². The average molecular weight is 287 g/mol. The molecule has 0 aliphatic heterocycles. The molecule has 0 unspecified atom stereocenters. The van der Waals surface area contributed by atoms with Crippen LogP contribution in [0.4, 0.5) is 14.5 Å². The predicted molar refractivity (Wildman–Crippen MR) is 74.7 cm³/mol. The summed E-state index contributed by atoms with van der Waals surface area (Å²) in [4.78, 5) is 11.9. The second kappa shape index (κ2) is 6.64. The summed E-state index contributed by atoms with van der Waals surface area (Å²) < 4.78 is 26.3. The molecule has 5 heteroatoms. The van der Waals surface area contributed by atoms with Crippen LogP contribution in [0.15, 0.2) is 42.5 Å². The van der Waals surface area contributed by atoms with Gasteiger partial charge in [0, 0.05) is 17.3 Å². The zero-order chi connectivity index (χ0) is 15.2. The molecule has 0 aliphatic rings. The average Bonchev–Trinajstić information content (AvgIpc) is 2.45. The molecule has 0 saturated heterocycles. The van der Waals surface area contributed by atoms with Gasteiger partial charge in [-0.1, -0.05) is 17.9 Å². The van der Waals surface area contributed by atoms with Crippen LogP contribution in [-0.4, -0.2) is 17.6 Å². The third-order valence-corrected chi connectivity index (χ3v) is 2.61. The van der Waals surface area contributed by atoms with E-state index in [1.54, 1.807) is 24.3 Å². The number of amides is 1. The molecule has 0 heterocycles. The number of rotatable bonds is 2. The number of hydrogen-bond acceptors (Lipinski definition) is 2. The van der Waals surface area contributed by atoms with Gasteiger partial charge in [-0.25, -0.2) is 8.78 Å². The Kier molecular flexibility index (Phi) is 4.64. The highest BCUT2D eigenvalue weighted by atomic mass is 19.1. The van der Waals surface area contributed by atoms with Crippen molar-refractivity contribution in [1.82, 2.24) is 0 Å². The van der Waals surface area contributed by atoms with Crippen molar-refractivity contribution in [3.63, 3.8) is 0 Å². The summed E-state index contributed by atoms with van der Waals surface area (Å²) in [7, 11) is 0. The van der Waals surface area contributed by atoms with Crippen molar-refractivity contribution >= 4 is 11.6 Å². The Morgan fingerprint density at radius 3 is 2.71 bits per heavy atom. The van der Waals surface area contributed by atoms with E-state index in [-0.39, 0.29) is 12.2 Å². The number of aliphatic hydroxyl groups excluding tert-OH is 1. The maximum Gasteiger partial charge on any atom is 0.258 e. The van der Waals surface area contributed by atoms with Crippen molar-refractivity contribution < 1.29 is 18.7 Å². The fourth-order valence-corrected chi connectivity index (χ4v) is 1.69. The van der Waals surface area contributed by atoms with E-state index in [4.69, 9.17) is 5.11 Å². The summed E-state index contributed by atoms with van der Waals surface area (Å²) >= 11 is 0. The monoisotopic (exact) mass is 287 g/mol. The minimum absolute atomic E-state index is 0.247. The number of benzene rings is 2. The van der Waals surface area contributed by atoms with Crippen LogP contribution in [0.2, 0.25) is 0 Å². The molecule has 0 radical (unpaired) electrons. The number of anilines is 1. The highest BCUT2D eigenvalue weighted by Gasteiger charge is 2.12. The fraction of sp³-hybridized carbons (Fsp3) is 0.0625. The van der Waals surface area contributed by atoms with Crippen molar-refractivity contribution in [2.24, 2.45) is 0 Å². The van der Waals surface area contributed by atoms with Crippen molar-refractivity contribution in [3.8, 4) is 11.8 Å². The van der Waals surface area contributed by atoms with Crippen molar-refractivity contribution in [1.29, 1.82) is 0 Å². The van der Waals surface area contributed by atoms with Gasteiger partial charge in [0.2, 0.25) is 0 Å². The molecule has 3 nitrogen and oxygen atoms in total. The molecule has 0 spiro atoms. The maximum atomic E-state index is 13.5. The third kappa shape index (κ3) is 3.88. The largest absolute Gasteiger partial charge is 0.384 e. The minimum atomic E-state index is -0.927. The molecule has 21 heavy (non-hydrogen) atoms. The molecule has 0 aliphatic carbocycles. The predicted octanol–water partition coefficient (Wildman–Crippen LogP) is 2.56. The van der Waals surface area contributed by atoms with E-state index in [2.05, 4.69) is 17.2 Å². The Bertz CT molecular complexity index is 733. The van der Waals surface area contributed by atoms with Crippen molar-refractivity contribution in [2.45, 2.75) is 0 Å². The first-order chi connectivity index (χ1) is 10.1. The Hall–Kier alpha value is -2.71. The Labute approximate surface area is 120 Å². The Morgan fingerprint density at radius 1 is 1.19 bits per heavy atom. The lowest BCUT2D eigenvalue weighted by Crippen LogP contribution is -2.14. The molecular weight excluding hydrogens is 276 g/mol. The van der Waals surface area contributed by atoms with E-state index >= 15 is 0 Å². The first-order valence-corrected chi connectivity index (χ1v) is 6.06. The standard InChI is InChI=1S/C16H11F2NO2/c17-12-6-7-14(15(18)10-12)16(21)19-13-5-1-3-11(9-13)4-2-8-20/h1,3,5-7,9-10,20H,8H2,(H,19,21). The van der Waals surface area contributed by atoms with Gasteiger partial charge in [0.05, 0.1) is 5.56 Å². The molecule has 1 amide bonds. The summed E-state index contributed by atoms with van der Waals surface area (Å²) in [6.07, 6.45) is 0. The molecule has 2 aromatic rings. The molecule has 0 atom stereocenters. The molecular formula is C16H11F2NO2. The van der Waals surface area contributed by atoms with Crippen molar-refractivity contribution in [3.05, 3.63) is 65.2 Å². The van der Waals surface area contributed by atoms with Crippen LogP contribution in [0.25, 0.3) is 0 Å². The van der Waals surface area contributed by atoms with E-state index in [9.17, 15) is 13.6 Å². The normalized spacial score (nSPS) is 9.67. The lowest BCUT2D eigenvalue weighted by atomic mass is 10.1. The summed E-state index contributed by atoms with van der Waals surface area (Å²) in [5.41, 5.74) is 0.776. The number of hydrogen-bond donors (Lipinski definition) is 2. The lowest BCUT2D eigenvalue weighted by Gasteiger charge is -2.06. The topological polar surface area (TPSA) is 49.3 Å². The van der Waals surface area contributed by atoms with Gasteiger partial charge in [0.25, 0.3) is 5.91 Å². The molecule has 2 rings (SSSR count). The van der Waals surface area contributed by atoms with E-state index in [1.807, 2.05) is 0 Å². The molecule has 0 fully saturated rings. The molecule has 0 saturated carbocycles. The van der Waals surface area contributed by atoms with Crippen LogP contribution in [0.3, 0.4) is 0 Å². The van der Waals surface area contributed by atoms with E-state index < -0.39 is 17.5 Å². The van der Waals surface area contributed by atoms with Gasteiger partial charge in [-0.15, -0.1) is 0 Å². The van der Waals surface area contributed by atoms with E-state index in [0.29, 0.717) is 17.3 Å². The van der Waals surface area contributed by atoms with Gasteiger partial charge < -0.3 is 10.4 Å². The van der Waals surface area contributed by atoms with Crippen LogP contribution in [-0.2, 0) is 0 Å². The third-order valence-electron chi connectivity index (χ3n) is 2.61. The number of halogens is 2. The smallest absolute Gasteiger partial charge is 0.258 e. The number of aliphatic hydroxyl groups is 1. The van der Waals surface area contributed by atoms with Gasteiger partial charge in [-0.05, 0) is 30.3 Å². The van der Waals surface area contributed by atoms with Gasteiger partial charge in [-0.2, -0.15) is 0 Å². The van der Waals surface area contributed by atoms with Gasteiger partial charge in [0.15, 0.2) is 0 Å². The molecule has 2 aromatic carbocycles. The minimum Gasteiger partial charge on any atom is -0.384 e. The summed E-state index contributed by atoms with van der Waals surface area (Å²) in [6, 6.07) is 9.31.